The van der Waals surface area contributed by atoms with E-state index < -0.39 is 27.9 Å². The standard InChI is InChI=1S/C24H19Cl2IN2O4S/c25-17-4-10-21(11-5-17)34(32,33)28(13-12-16-2-1-3-18(26)14-16)22-15-23(30)29(24(22)31)20-8-6-19(27)7-9-20/h1-11,14,22H,12-13,15H2. The second-order valence-corrected chi connectivity index (χ2v) is 11.7. The summed E-state index contributed by atoms with van der Waals surface area (Å²) in [6, 6.07) is 18.6. The molecular formula is C24H19Cl2IN2O4S. The van der Waals surface area contributed by atoms with E-state index in [9.17, 15) is 18.0 Å². The molecule has 1 aliphatic rings. The summed E-state index contributed by atoms with van der Waals surface area (Å²) in [5.74, 6) is -1.02. The number of amides is 2. The van der Waals surface area contributed by atoms with Crippen LogP contribution in [0.1, 0.15) is 12.0 Å². The summed E-state index contributed by atoms with van der Waals surface area (Å²) in [6.07, 6.45) is 0.0715. The SMILES string of the molecule is O=C1CC(N(CCc2cccc(Cl)c2)S(=O)(=O)c2ccc(Cl)cc2)C(=O)N1c1ccc(I)cc1. The third kappa shape index (κ3) is 5.31. The van der Waals surface area contributed by atoms with Crippen molar-refractivity contribution in [2.45, 2.75) is 23.8 Å². The predicted octanol–water partition coefficient (Wildman–Crippen LogP) is 5.16. The number of carbonyl (C=O) groups is 2. The number of hydrogen-bond donors (Lipinski definition) is 0. The molecule has 0 spiro atoms. The van der Waals surface area contributed by atoms with Gasteiger partial charge in [0, 0.05) is 20.2 Å². The molecule has 0 saturated carbocycles. The molecule has 176 valence electrons. The predicted molar refractivity (Wildman–Crippen MR) is 141 cm³/mol. The summed E-state index contributed by atoms with van der Waals surface area (Å²) in [5.41, 5.74) is 1.23. The largest absolute Gasteiger partial charge is 0.274 e. The topological polar surface area (TPSA) is 74.8 Å². The number of halogens is 3. The number of rotatable bonds is 7. The first kappa shape index (κ1) is 25.1. The second-order valence-electron chi connectivity index (χ2n) is 7.71. The van der Waals surface area contributed by atoms with Crippen LogP contribution in [0.25, 0.3) is 0 Å². The lowest BCUT2D eigenvalue weighted by Gasteiger charge is -2.27. The van der Waals surface area contributed by atoms with Gasteiger partial charge >= 0.3 is 0 Å². The van der Waals surface area contributed by atoms with Gasteiger partial charge in [-0.2, -0.15) is 4.31 Å². The summed E-state index contributed by atoms with van der Waals surface area (Å²) in [7, 11) is -4.11. The Morgan fingerprint density at radius 2 is 1.62 bits per heavy atom. The molecule has 1 atom stereocenters. The van der Waals surface area contributed by atoms with Gasteiger partial charge < -0.3 is 0 Å². The van der Waals surface area contributed by atoms with Crippen LogP contribution in [0.4, 0.5) is 5.69 Å². The number of sulfonamides is 1. The highest BCUT2D eigenvalue weighted by atomic mass is 127. The van der Waals surface area contributed by atoms with Gasteiger partial charge in [0.2, 0.25) is 15.9 Å². The molecule has 0 aliphatic carbocycles. The van der Waals surface area contributed by atoms with Crippen molar-refractivity contribution in [3.05, 3.63) is 92.0 Å². The molecule has 0 N–H and O–H groups in total. The fourth-order valence-corrected chi connectivity index (χ4v) is 6.10. The Kier molecular flexibility index (Phi) is 7.63. The molecule has 1 heterocycles. The highest BCUT2D eigenvalue weighted by Crippen LogP contribution is 2.30. The van der Waals surface area contributed by atoms with Gasteiger partial charge in [-0.3, -0.25) is 9.59 Å². The fraction of sp³-hybridized carbons (Fsp3) is 0.167. The van der Waals surface area contributed by atoms with E-state index in [4.69, 9.17) is 23.2 Å². The molecule has 4 rings (SSSR count). The maximum atomic E-state index is 13.6. The maximum absolute atomic E-state index is 13.6. The summed E-state index contributed by atoms with van der Waals surface area (Å²) < 4.78 is 29.3. The molecule has 1 fully saturated rings. The van der Waals surface area contributed by atoms with E-state index in [1.807, 2.05) is 6.07 Å². The van der Waals surface area contributed by atoms with Crippen molar-refractivity contribution in [1.82, 2.24) is 4.31 Å². The highest BCUT2D eigenvalue weighted by molar-refractivity contribution is 14.1. The van der Waals surface area contributed by atoms with E-state index >= 15 is 0 Å². The summed E-state index contributed by atoms with van der Waals surface area (Å²) >= 11 is 14.1. The van der Waals surface area contributed by atoms with Crippen molar-refractivity contribution in [3.63, 3.8) is 0 Å². The number of benzene rings is 3. The lowest BCUT2D eigenvalue weighted by molar-refractivity contribution is -0.122. The van der Waals surface area contributed by atoms with Crippen molar-refractivity contribution < 1.29 is 18.0 Å². The summed E-state index contributed by atoms with van der Waals surface area (Å²) in [4.78, 5) is 27.3. The Labute approximate surface area is 221 Å². The Bertz CT molecular complexity index is 1330. The fourth-order valence-electron chi connectivity index (χ4n) is 3.82. The maximum Gasteiger partial charge on any atom is 0.252 e. The van der Waals surface area contributed by atoms with E-state index in [1.54, 1.807) is 42.5 Å². The van der Waals surface area contributed by atoms with Crippen molar-refractivity contribution in [3.8, 4) is 0 Å². The second kappa shape index (κ2) is 10.3. The number of nitrogens with zero attached hydrogens (tertiary/aromatic N) is 2. The number of anilines is 1. The van der Waals surface area contributed by atoms with Gasteiger partial charge in [-0.05, 0) is 95.2 Å². The van der Waals surface area contributed by atoms with E-state index in [0.717, 1.165) is 18.3 Å². The van der Waals surface area contributed by atoms with E-state index in [2.05, 4.69) is 22.6 Å². The lowest BCUT2D eigenvalue weighted by Crippen LogP contribution is -2.46. The normalized spacial score (nSPS) is 16.5. The Morgan fingerprint density at radius 1 is 0.941 bits per heavy atom. The number of hydrogen-bond acceptors (Lipinski definition) is 4. The van der Waals surface area contributed by atoms with Crippen molar-refractivity contribution >= 4 is 73.3 Å². The van der Waals surface area contributed by atoms with Gasteiger partial charge in [-0.15, -0.1) is 0 Å². The van der Waals surface area contributed by atoms with Crippen LogP contribution >= 0.6 is 45.8 Å². The van der Waals surface area contributed by atoms with Gasteiger partial charge in [0.15, 0.2) is 0 Å². The van der Waals surface area contributed by atoms with Crippen LogP contribution in [0.5, 0.6) is 0 Å². The van der Waals surface area contributed by atoms with Crippen LogP contribution in [0, 0.1) is 3.57 Å². The van der Waals surface area contributed by atoms with Gasteiger partial charge in [-0.1, -0.05) is 35.3 Å². The van der Waals surface area contributed by atoms with Crippen LogP contribution in [0.3, 0.4) is 0 Å². The Morgan fingerprint density at radius 3 is 2.26 bits per heavy atom. The van der Waals surface area contributed by atoms with Gasteiger partial charge in [0.25, 0.3) is 5.91 Å². The molecule has 34 heavy (non-hydrogen) atoms. The first-order chi connectivity index (χ1) is 16.2. The molecule has 3 aromatic carbocycles. The molecule has 1 saturated heterocycles. The lowest BCUT2D eigenvalue weighted by atomic mass is 10.1. The summed E-state index contributed by atoms with van der Waals surface area (Å²) in [6.45, 7) is -0.00445. The van der Waals surface area contributed by atoms with E-state index in [1.165, 1.54) is 24.3 Å². The zero-order chi connectivity index (χ0) is 24.5. The molecule has 0 radical (unpaired) electrons. The zero-order valence-corrected chi connectivity index (χ0v) is 22.2. The minimum absolute atomic E-state index is 0.00374. The molecule has 6 nitrogen and oxygen atoms in total. The first-order valence-corrected chi connectivity index (χ1v) is 13.6. The quantitative estimate of drug-likeness (QED) is 0.268. The van der Waals surface area contributed by atoms with Gasteiger partial charge in [0.05, 0.1) is 17.0 Å². The van der Waals surface area contributed by atoms with Crippen molar-refractivity contribution in [2.75, 3.05) is 11.4 Å². The third-order valence-electron chi connectivity index (χ3n) is 5.49. The van der Waals surface area contributed by atoms with Gasteiger partial charge in [-0.25, -0.2) is 13.3 Å². The van der Waals surface area contributed by atoms with Gasteiger partial charge in [0.1, 0.15) is 6.04 Å². The smallest absolute Gasteiger partial charge is 0.252 e. The average Bonchev–Trinajstić information content (AvgIpc) is 3.08. The molecule has 10 heteroatoms. The van der Waals surface area contributed by atoms with E-state index in [0.29, 0.717) is 22.2 Å². The van der Waals surface area contributed by atoms with Crippen LogP contribution in [-0.2, 0) is 26.0 Å². The molecule has 0 aromatic heterocycles. The molecule has 2 amide bonds. The first-order valence-electron chi connectivity index (χ1n) is 10.3. The molecule has 0 bridgehead atoms. The monoisotopic (exact) mass is 628 g/mol. The Hall–Kier alpha value is -1.98. The average molecular weight is 629 g/mol. The van der Waals surface area contributed by atoms with Crippen molar-refractivity contribution in [2.24, 2.45) is 0 Å². The molecule has 3 aromatic rings. The minimum atomic E-state index is -4.11. The Balaban J connectivity index is 1.69. The van der Waals surface area contributed by atoms with Crippen LogP contribution < -0.4 is 4.90 Å². The van der Waals surface area contributed by atoms with Crippen LogP contribution in [0.2, 0.25) is 10.0 Å². The number of carbonyl (C=O) groups excluding carboxylic acids is 2. The third-order valence-corrected chi connectivity index (χ3v) is 8.61. The minimum Gasteiger partial charge on any atom is -0.274 e. The molecular weight excluding hydrogens is 610 g/mol. The van der Waals surface area contributed by atoms with E-state index in [-0.39, 0.29) is 17.9 Å². The highest BCUT2D eigenvalue weighted by Gasteiger charge is 2.46. The van der Waals surface area contributed by atoms with Crippen LogP contribution in [-0.4, -0.2) is 37.1 Å². The summed E-state index contributed by atoms with van der Waals surface area (Å²) in [5, 5.41) is 0.919. The molecule has 1 aliphatic heterocycles. The number of imide groups is 1. The van der Waals surface area contributed by atoms with Crippen molar-refractivity contribution in [1.29, 1.82) is 0 Å². The zero-order valence-electron chi connectivity index (χ0n) is 17.7. The molecule has 1 unspecified atom stereocenters. The van der Waals surface area contributed by atoms with Crippen LogP contribution in [0.15, 0.2) is 77.7 Å².